The lowest BCUT2D eigenvalue weighted by atomic mass is 10.2. The first kappa shape index (κ1) is 22.3. The Morgan fingerprint density at radius 3 is 2.74 bits per heavy atom. The molecule has 5 rings (SSSR count). The van der Waals surface area contributed by atoms with E-state index in [0.29, 0.717) is 23.6 Å². The molecule has 176 valence electrons. The van der Waals surface area contributed by atoms with Crippen molar-refractivity contribution in [2.45, 2.75) is 43.4 Å². The smallest absolute Gasteiger partial charge is 0.235 e. The molecule has 0 atom stereocenters. The third-order valence-electron chi connectivity index (χ3n) is 5.90. The number of carbonyl (C=O) groups excluding carboxylic acids is 1. The van der Waals surface area contributed by atoms with Gasteiger partial charge in [-0.15, -0.1) is 10.2 Å². The second-order valence-corrected chi connectivity index (χ2v) is 9.08. The molecule has 1 aliphatic carbocycles. The minimum Gasteiger partial charge on any atom is -0.497 e. The number of hydrogen-bond donors (Lipinski definition) is 1. The topological polar surface area (TPSA) is 100 Å². The first-order valence-corrected chi connectivity index (χ1v) is 12.3. The Balaban J connectivity index is 1.31. The van der Waals surface area contributed by atoms with Crippen LogP contribution < -0.4 is 10.1 Å². The zero-order valence-electron chi connectivity index (χ0n) is 18.9. The predicted octanol–water partition coefficient (Wildman–Crippen LogP) is 4.64. The number of amides is 1. The highest BCUT2D eigenvalue weighted by atomic mass is 32.2. The van der Waals surface area contributed by atoms with Crippen LogP contribution in [0.15, 0.2) is 64.5 Å². The third kappa shape index (κ3) is 4.86. The van der Waals surface area contributed by atoms with Gasteiger partial charge in [0.1, 0.15) is 17.3 Å². The van der Waals surface area contributed by atoms with E-state index in [2.05, 4.69) is 20.6 Å². The number of nitrogens with one attached hydrogen (secondary N) is 1. The molecule has 34 heavy (non-hydrogen) atoms. The lowest BCUT2D eigenvalue weighted by Crippen LogP contribution is -2.19. The second-order valence-electron chi connectivity index (χ2n) is 8.14. The molecule has 1 fully saturated rings. The summed E-state index contributed by atoms with van der Waals surface area (Å²) in [6, 6.07) is 13.6. The average Bonchev–Trinajstić information content (AvgIpc) is 3.66. The monoisotopic (exact) mass is 478 g/mol. The van der Waals surface area contributed by atoms with Gasteiger partial charge < -0.3 is 14.5 Å². The van der Waals surface area contributed by atoms with Gasteiger partial charge in [-0.2, -0.15) is 5.10 Å². The van der Waals surface area contributed by atoms with Crippen molar-refractivity contribution in [3.63, 3.8) is 0 Å². The largest absolute Gasteiger partial charge is 0.497 e. The normalized spacial score (nSPS) is 13.9. The Labute approximate surface area is 201 Å². The van der Waals surface area contributed by atoms with E-state index in [4.69, 9.17) is 9.15 Å². The van der Waals surface area contributed by atoms with Crippen LogP contribution >= 0.6 is 11.8 Å². The van der Waals surface area contributed by atoms with E-state index in [9.17, 15) is 4.79 Å². The van der Waals surface area contributed by atoms with Gasteiger partial charge in [0, 0.05) is 11.6 Å². The number of benzene rings is 1. The van der Waals surface area contributed by atoms with Gasteiger partial charge in [0.2, 0.25) is 5.91 Å². The molecule has 0 saturated heterocycles. The standard InChI is InChI=1S/C24H26N6O3S/c1-32-19-10-8-17(9-11-19)23-27-28-24(29(23)15-20-7-4-14-33-20)34-16-22(31)26-21-12-13-25-30(21)18-5-2-3-6-18/h4,7-14,18H,2-3,5-6,15-16H2,1H3,(H,26,31). The molecular formula is C24H26N6O3S. The number of rotatable bonds is 9. The fraction of sp³-hybridized carbons (Fsp3) is 0.333. The van der Waals surface area contributed by atoms with Crippen LogP contribution in [0.1, 0.15) is 37.5 Å². The molecular weight excluding hydrogens is 452 g/mol. The molecule has 4 aromatic rings. The van der Waals surface area contributed by atoms with Gasteiger partial charge >= 0.3 is 0 Å². The van der Waals surface area contributed by atoms with Crippen molar-refractivity contribution in [3.8, 4) is 17.1 Å². The minimum atomic E-state index is -0.108. The summed E-state index contributed by atoms with van der Waals surface area (Å²) in [7, 11) is 1.63. The number of methoxy groups -OCH3 is 1. The highest BCUT2D eigenvalue weighted by molar-refractivity contribution is 7.99. The lowest BCUT2D eigenvalue weighted by molar-refractivity contribution is -0.113. The number of thioether (sulfide) groups is 1. The van der Waals surface area contributed by atoms with Crippen LogP contribution in [-0.4, -0.2) is 43.3 Å². The average molecular weight is 479 g/mol. The zero-order valence-corrected chi connectivity index (χ0v) is 19.7. The van der Waals surface area contributed by atoms with Crippen LogP contribution in [0.4, 0.5) is 5.82 Å². The number of nitrogens with zero attached hydrogens (tertiary/aromatic N) is 5. The molecule has 0 bridgehead atoms. The number of furan rings is 1. The zero-order chi connectivity index (χ0) is 23.3. The van der Waals surface area contributed by atoms with E-state index in [0.717, 1.165) is 35.7 Å². The van der Waals surface area contributed by atoms with E-state index in [1.54, 1.807) is 19.6 Å². The highest BCUT2D eigenvalue weighted by Crippen LogP contribution is 2.31. The number of anilines is 1. The summed E-state index contributed by atoms with van der Waals surface area (Å²) in [6.45, 7) is 0.458. The highest BCUT2D eigenvalue weighted by Gasteiger charge is 2.21. The summed E-state index contributed by atoms with van der Waals surface area (Å²) < 4.78 is 14.7. The Hall–Kier alpha value is -3.53. The molecule has 9 nitrogen and oxygen atoms in total. The van der Waals surface area contributed by atoms with Crippen molar-refractivity contribution in [1.29, 1.82) is 0 Å². The number of carbonyl (C=O) groups is 1. The molecule has 3 heterocycles. The summed E-state index contributed by atoms with van der Waals surface area (Å²) in [5, 5.41) is 16.8. The number of hydrogen-bond acceptors (Lipinski definition) is 7. The minimum absolute atomic E-state index is 0.108. The van der Waals surface area contributed by atoms with Crippen LogP contribution in [0.25, 0.3) is 11.4 Å². The third-order valence-corrected chi connectivity index (χ3v) is 6.87. The van der Waals surface area contributed by atoms with Gasteiger partial charge in [0.05, 0.1) is 37.9 Å². The van der Waals surface area contributed by atoms with Crippen molar-refractivity contribution in [2.75, 3.05) is 18.2 Å². The molecule has 1 amide bonds. The SMILES string of the molecule is COc1ccc(-c2nnc(SCC(=O)Nc3ccnn3C3CCCC3)n2Cc2ccco2)cc1. The molecule has 0 spiro atoms. The Bertz CT molecular complexity index is 1230. The van der Waals surface area contributed by atoms with Crippen LogP contribution in [0.2, 0.25) is 0 Å². The Morgan fingerprint density at radius 1 is 1.18 bits per heavy atom. The molecule has 3 aromatic heterocycles. The van der Waals surface area contributed by atoms with E-state index in [-0.39, 0.29) is 11.7 Å². The first-order chi connectivity index (χ1) is 16.7. The van der Waals surface area contributed by atoms with Crippen molar-refractivity contribution >= 4 is 23.5 Å². The van der Waals surface area contributed by atoms with E-state index < -0.39 is 0 Å². The molecule has 1 aliphatic rings. The fourth-order valence-corrected chi connectivity index (χ4v) is 4.95. The maximum Gasteiger partial charge on any atom is 0.235 e. The number of ether oxygens (including phenoxy) is 1. The molecule has 1 saturated carbocycles. The van der Waals surface area contributed by atoms with Crippen molar-refractivity contribution in [2.24, 2.45) is 0 Å². The lowest BCUT2D eigenvalue weighted by Gasteiger charge is -2.14. The molecule has 0 aliphatic heterocycles. The Morgan fingerprint density at radius 2 is 2.00 bits per heavy atom. The van der Waals surface area contributed by atoms with Crippen LogP contribution in [0.3, 0.4) is 0 Å². The van der Waals surface area contributed by atoms with Gasteiger partial charge in [-0.25, -0.2) is 4.68 Å². The predicted molar refractivity (Wildman–Crippen MR) is 129 cm³/mol. The van der Waals surface area contributed by atoms with Crippen molar-refractivity contribution < 1.29 is 13.9 Å². The summed E-state index contributed by atoms with van der Waals surface area (Å²) in [5.74, 6) is 3.08. The quantitative estimate of drug-likeness (QED) is 0.350. The van der Waals surface area contributed by atoms with Crippen LogP contribution in [-0.2, 0) is 11.3 Å². The Kier molecular flexibility index (Phi) is 6.66. The van der Waals surface area contributed by atoms with E-state index in [1.807, 2.05) is 51.7 Å². The second kappa shape index (κ2) is 10.2. The molecule has 0 radical (unpaired) electrons. The van der Waals surface area contributed by atoms with Gasteiger partial charge in [-0.1, -0.05) is 24.6 Å². The molecule has 1 aromatic carbocycles. The van der Waals surface area contributed by atoms with Gasteiger partial charge in [-0.05, 0) is 49.2 Å². The van der Waals surface area contributed by atoms with E-state index in [1.165, 1.54) is 24.6 Å². The molecule has 0 unspecified atom stereocenters. The van der Waals surface area contributed by atoms with Crippen molar-refractivity contribution in [1.82, 2.24) is 24.5 Å². The summed E-state index contributed by atoms with van der Waals surface area (Å²) >= 11 is 1.34. The van der Waals surface area contributed by atoms with Crippen LogP contribution in [0, 0.1) is 0 Å². The first-order valence-electron chi connectivity index (χ1n) is 11.3. The number of aromatic nitrogens is 5. The maximum atomic E-state index is 12.8. The summed E-state index contributed by atoms with van der Waals surface area (Å²) in [4.78, 5) is 12.8. The molecule has 10 heteroatoms. The summed E-state index contributed by atoms with van der Waals surface area (Å²) in [6.07, 6.45) is 7.99. The van der Waals surface area contributed by atoms with Gasteiger partial charge in [0.25, 0.3) is 0 Å². The van der Waals surface area contributed by atoms with Gasteiger partial charge in [0.15, 0.2) is 11.0 Å². The summed E-state index contributed by atoms with van der Waals surface area (Å²) in [5.41, 5.74) is 0.900. The van der Waals surface area contributed by atoms with Crippen LogP contribution in [0.5, 0.6) is 5.75 Å². The fourth-order valence-electron chi connectivity index (χ4n) is 4.21. The molecule has 1 N–H and O–H groups in total. The van der Waals surface area contributed by atoms with Gasteiger partial charge in [-0.3, -0.25) is 9.36 Å². The van der Waals surface area contributed by atoms with E-state index >= 15 is 0 Å². The maximum absolute atomic E-state index is 12.8. The van der Waals surface area contributed by atoms with Crippen molar-refractivity contribution in [3.05, 3.63) is 60.7 Å².